The molecule has 2 aromatic rings. The van der Waals surface area contributed by atoms with Gasteiger partial charge >= 0.3 is 0 Å². The minimum absolute atomic E-state index is 0.0169. The van der Waals surface area contributed by atoms with Gasteiger partial charge in [0.1, 0.15) is 26.5 Å². The summed E-state index contributed by atoms with van der Waals surface area (Å²) in [6.45, 7) is 6.65. The number of rotatable bonds is 5. The van der Waals surface area contributed by atoms with Gasteiger partial charge in [0.05, 0.1) is 0 Å². The highest BCUT2D eigenvalue weighted by Gasteiger charge is 2.56. The Kier molecular flexibility index (Phi) is 5.39. The first-order valence-corrected chi connectivity index (χ1v) is 11.3. The third-order valence-corrected chi connectivity index (χ3v) is 8.50. The van der Waals surface area contributed by atoms with Crippen LogP contribution in [0.25, 0.3) is 0 Å². The summed E-state index contributed by atoms with van der Waals surface area (Å²) in [5.74, 6) is -1.11. The molecule has 1 aliphatic rings. The van der Waals surface area contributed by atoms with E-state index >= 15 is 0 Å². The van der Waals surface area contributed by atoms with Crippen molar-refractivity contribution in [3.8, 4) is 5.75 Å². The molecule has 156 valence electrons. The number of aromatic hydroxyl groups is 1. The Morgan fingerprint density at radius 3 is 2.55 bits per heavy atom. The van der Waals surface area contributed by atoms with Crippen LogP contribution in [-0.2, 0) is 19.6 Å². The number of amides is 1. The summed E-state index contributed by atoms with van der Waals surface area (Å²) in [4.78, 5) is 12.7. The van der Waals surface area contributed by atoms with Crippen molar-refractivity contribution in [2.45, 2.75) is 37.7 Å². The van der Waals surface area contributed by atoms with E-state index in [0.29, 0.717) is 27.9 Å². The number of sulfonamides is 1. The molecule has 0 saturated carbocycles. The maximum Gasteiger partial charge on any atom is 0.257 e. The monoisotopic (exact) mass is 457 g/mol. The van der Waals surface area contributed by atoms with E-state index in [4.69, 9.17) is 21.9 Å². The van der Waals surface area contributed by atoms with Gasteiger partial charge in [0.25, 0.3) is 5.88 Å². The average Bonchev–Trinajstić information content (AvgIpc) is 3.20. The number of benzene rings is 1. The van der Waals surface area contributed by atoms with Gasteiger partial charge in [0.2, 0.25) is 15.9 Å². The van der Waals surface area contributed by atoms with Crippen LogP contribution in [0.1, 0.15) is 27.9 Å². The number of nitrogens with zero attached hydrogens (tertiary/aromatic N) is 1. The Labute approximate surface area is 177 Å². The Bertz CT molecular complexity index is 1140. The fourth-order valence-electron chi connectivity index (χ4n) is 3.63. The number of anilines is 1. The number of phenols is 1. The molecule has 1 amide bonds. The van der Waals surface area contributed by atoms with E-state index in [0.717, 1.165) is 11.8 Å². The highest BCUT2D eigenvalue weighted by molar-refractivity contribution is 8.05. The third kappa shape index (κ3) is 3.28. The van der Waals surface area contributed by atoms with E-state index in [9.17, 15) is 18.3 Å². The fraction of sp³-hybridized carbons (Fsp3) is 0.333. The normalized spacial score (nSPS) is 21.5. The number of hydrogen-bond acceptors (Lipinski definition) is 7. The SMILES string of the molecule is Cc1cc(C)c(C2(C(N)=O)SC=CC2S(=O)(=O)Nc2onc(C)c2Cl)c(C)c1O. The van der Waals surface area contributed by atoms with Crippen LogP contribution >= 0.6 is 23.4 Å². The molecule has 0 radical (unpaired) electrons. The van der Waals surface area contributed by atoms with Gasteiger partial charge in [-0.3, -0.25) is 4.79 Å². The molecule has 0 spiro atoms. The zero-order valence-corrected chi connectivity index (χ0v) is 18.5. The van der Waals surface area contributed by atoms with Crippen molar-refractivity contribution in [2.75, 3.05) is 4.72 Å². The summed E-state index contributed by atoms with van der Waals surface area (Å²) >= 11 is 7.01. The van der Waals surface area contributed by atoms with E-state index in [1.54, 1.807) is 33.8 Å². The van der Waals surface area contributed by atoms with E-state index in [1.807, 2.05) is 0 Å². The second-order valence-electron chi connectivity index (χ2n) is 6.88. The number of thioether (sulfide) groups is 1. The lowest BCUT2D eigenvalue weighted by Gasteiger charge is -2.34. The van der Waals surface area contributed by atoms with Crippen LogP contribution in [0.2, 0.25) is 5.02 Å². The molecule has 0 aliphatic carbocycles. The lowest BCUT2D eigenvalue weighted by atomic mass is 9.85. The Morgan fingerprint density at radius 2 is 2.00 bits per heavy atom. The maximum absolute atomic E-state index is 13.2. The van der Waals surface area contributed by atoms with Crippen LogP contribution in [0.4, 0.5) is 5.88 Å². The van der Waals surface area contributed by atoms with Crippen molar-refractivity contribution in [2.24, 2.45) is 5.73 Å². The predicted molar refractivity (Wildman–Crippen MR) is 113 cm³/mol. The summed E-state index contributed by atoms with van der Waals surface area (Å²) < 4.78 is 32.0. The molecule has 2 heterocycles. The minimum Gasteiger partial charge on any atom is -0.507 e. The highest BCUT2D eigenvalue weighted by atomic mass is 35.5. The average molecular weight is 458 g/mol. The van der Waals surface area contributed by atoms with E-state index in [2.05, 4.69) is 9.88 Å². The number of carbonyl (C=O) groups is 1. The van der Waals surface area contributed by atoms with Gasteiger partial charge in [0.15, 0.2) is 0 Å². The van der Waals surface area contributed by atoms with Gasteiger partial charge in [-0.15, -0.1) is 11.8 Å². The van der Waals surface area contributed by atoms with Crippen LogP contribution in [0.15, 0.2) is 22.1 Å². The molecular formula is C18H20ClN3O5S2. The summed E-state index contributed by atoms with van der Waals surface area (Å²) in [5.41, 5.74) is 8.09. The first-order valence-electron chi connectivity index (χ1n) is 8.51. The Hall–Kier alpha value is -2.17. The second kappa shape index (κ2) is 7.26. The molecule has 3 rings (SSSR count). The number of carbonyl (C=O) groups excluding carboxylic acids is 1. The molecule has 2 unspecified atom stereocenters. The predicted octanol–water partition coefficient (Wildman–Crippen LogP) is 3.02. The van der Waals surface area contributed by atoms with Crippen molar-refractivity contribution in [1.29, 1.82) is 0 Å². The van der Waals surface area contributed by atoms with Crippen LogP contribution in [0.5, 0.6) is 5.75 Å². The molecule has 1 aromatic carbocycles. The zero-order valence-electron chi connectivity index (χ0n) is 16.1. The van der Waals surface area contributed by atoms with Crippen molar-refractivity contribution >= 4 is 45.2 Å². The van der Waals surface area contributed by atoms with Gasteiger partial charge in [0, 0.05) is 0 Å². The van der Waals surface area contributed by atoms with Crippen molar-refractivity contribution < 1.29 is 22.8 Å². The molecule has 1 aromatic heterocycles. The van der Waals surface area contributed by atoms with Crippen molar-refractivity contribution in [1.82, 2.24) is 5.16 Å². The molecule has 29 heavy (non-hydrogen) atoms. The second-order valence-corrected chi connectivity index (χ2v) is 10.2. The molecule has 1 aliphatic heterocycles. The highest BCUT2D eigenvalue weighted by Crippen LogP contribution is 2.52. The number of phenolic OH excluding ortho intramolecular Hbond substituents is 1. The number of primary amides is 1. The van der Waals surface area contributed by atoms with E-state index < -0.39 is 25.9 Å². The molecular weight excluding hydrogens is 438 g/mol. The van der Waals surface area contributed by atoms with Gasteiger partial charge < -0.3 is 15.4 Å². The molecule has 0 saturated heterocycles. The molecule has 2 atom stereocenters. The van der Waals surface area contributed by atoms with Gasteiger partial charge in [-0.2, -0.15) is 0 Å². The third-order valence-electron chi connectivity index (χ3n) is 4.94. The molecule has 4 N–H and O–H groups in total. The maximum atomic E-state index is 13.2. The van der Waals surface area contributed by atoms with Crippen molar-refractivity contribution in [3.63, 3.8) is 0 Å². The molecule has 11 heteroatoms. The van der Waals surface area contributed by atoms with Crippen molar-refractivity contribution in [3.05, 3.63) is 50.5 Å². The van der Waals surface area contributed by atoms with E-state index in [1.165, 1.54) is 11.5 Å². The molecule has 8 nitrogen and oxygen atoms in total. The van der Waals surface area contributed by atoms with Gasteiger partial charge in [-0.1, -0.05) is 28.9 Å². The Balaban J connectivity index is 2.19. The number of aryl methyl sites for hydroxylation is 3. The molecule has 0 bridgehead atoms. The van der Waals surface area contributed by atoms with Crippen LogP contribution in [0.3, 0.4) is 0 Å². The number of nitrogens with one attached hydrogen (secondary N) is 1. The number of nitrogens with two attached hydrogens (primary N) is 1. The quantitative estimate of drug-likeness (QED) is 0.627. The number of aromatic nitrogens is 1. The first-order chi connectivity index (χ1) is 13.4. The minimum atomic E-state index is -4.24. The van der Waals surface area contributed by atoms with Gasteiger partial charge in [-0.25, -0.2) is 13.1 Å². The summed E-state index contributed by atoms with van der Waals surface area (Å²) in [5, 5.41) is 14.2. The Morgan fingerprint density at radius 1 is 1.34 bits per heavy atom. The lowest BCUT2D eigenvalue weighted by molar-refractivity contribution is -0.120. The summed E-state index contributed by atoms with van der Waals surface area (Å²) in [6, 6.07) is 1.69. The summed E-state index contributed by atoms with van der Waals surface area (Å²) in [7, 11) is -4.24. The van der Waals surface area contributed by atoms with Crippen LogP contribution in [0, 0.1) is 27.7 Å². The first kappa shape index (κ1) is 21.5. The van der Waals surface area contributed by atoms with E-state index in [-0.39, 0.29) is 16.7 Å². The fourth-order valence-corrected chi connectivity index (χ4v) is 7.14. The topological polar surface area (TPSA) is 136 Å². The smallest absolute Gasteiger partial charge is 0.257 e. The zero-order chi connectivity index (χ0) is 21.7. The van der Waals surface area contributed by atoms with Crippen LogP contribution < -0.4 is 10.5 Å². The van der Waals surface area contributed by atoms with Gasteiger partial charge in [-0.05, 0) is 55.4 Å². The lowest BCUT2D eigenvalue weighted by Crippen LogP contribution is -2.50. The largest absolute Gasteiger partial charge is 0.507 e. The summed E-state index contributed by atoms with van der Waals surface area (Å²) in [6.07, 6.45) is 1.38. The number of halogens is 1. The standard InChI is InChI=1S/C18H20ClN3O5S2/c1-8-7-9(2)15(23)10(3)13(8)18(17(20)24)12(5-6-28-18)29(25,26)22-16-14(19)11(4)21-27-16/h5-7,12,22-23H,1-4H3,(H2,20,24). The molecule has 0 fully saturated rings. The number of hydrogen-bond donors (Lipinski definition) is 3. The van der Waals surface area contributed by atoms with Crippen LogP contribution in [-0.4, -0.2) is 29.8 Å².